The van der Waals surface area contributed by atoms with Gasteiger partial charge >= 0.3 is 0 Å². The van der Waals surface area contributed by atoms with Gasteiger partial charge in [-0.15, -0.1) is 0 Å². The molecule has 2 N–H and O–H groups in total. The zero-order valence-electron chi connectivity index (χ0n) is 15.4. The van der Waals surface area contributed by atoms with Crippen LogP contribution >= 0.6 is 0 Å². The van der Waals surface area contributed by atoms with Crippen molar-refractivity contribution in [1.82, 2.24) is 20.0 Å². The topological polar surface area (TPSA) is 75.5 Å². The van der Waals surface area contributed by atoms with Gasteiger partial charge in [-0.05, 0) is 39.0 Å². The number of carbonyl (C=O) groups is 2. The minimum Gasteiger partial charge on any atom is -0.346 e. The molecule has 0 unspecified atom stereocenters. The number of nitrogens with zero attached hydrogens (tertiary/aromatic N) is 2. The first kappa shape index (κ1) is 18.6. The summed E-state index contributed by atoms with van der Waals surface area (Å²) in [5.41, 5.74) is 0.629. The minimum atomic E-state index is -0.491. The number of pyridine rings is 1. The first-order chi connectivity index (χ1) is 12.8. The number of nitrogens with one attached hydrogen (secondary N) is 2. The fraction of sp³-hybridized carbons (Fsp3) is 0.250. The van der Waals surface area contributed by atoms with Gasteiger partial charge < -0.3 is 10.6 Å². The van der Waals surface area contributed by atoms with E-state index in [0.29, 0.717) is 11.1 Å². The summed E-state index contributed by atoms with van der Waals surface area (Å²) < 4.78 is 15.3. The van der Waals surface area contributed by atoms with E-state index in [4.69, 9.17) is 0 Å². The molecule has 27 heavy (non-hydrogen) atoms. The van der Waals surface area contributed by atoms with Crippen LogP contribution in [0.4, 0.5) is 4.39 Å². The highest BCUT2D eigenvalue weighted by molar-refractivity contribution is 6.02. The zero-order chi connectivity index (χ0) is 19.6. The predicted octanol–water partition coefficient (Wildman–Crippen LogP) is 2.93. The third-order valence-electron chi connectivity index (χ3n) is 3.85. The van der Waals surface area contributed by atoms with Gasteiger partial charge in [0, 0.05) is 23.8 Å². The molecule has 0 fully saturated rings. The van der Waals surface area contributed by atoms with Gasteiger partial charge in [0.15, 0.2) is 5.69 Å². The summed E-state index contributed by atoms with van der Waals surface area (Å²) in [5, 5.41) is 5.50. The van der Waals surface area contributed by atoms with Crippen molar-refractivity contribution >= 4 is 17.3 Å². The minimum absolute atomic E-state index is 0.0246. The largest absolute Gasteiger partial charge is 0.346 e. The normalized spacial score (nSPS) is 11.4. The third kappa shape index (κ3) is 4.13. The van der Waals surface area contributed by atoms with E-state index >= 15 is 0 Å². The maximum Gasteiger partial charge on any atom is 0.287 e. The average molecular weight is 368 g/mol. The standard InChI is InChI=1S/C20H21FN4O2/c1-20(2,3)24-18(26)16-15-10-6-7-11-25(15)17(23-16)19(27)22-12-13-8-4-5-9-14(13)21/h4-11H,12H2,1-3H3,(H,22,27)(H,24,26). The highest BCUT2D eigenvalue weighted by Crippen LogP contribution is 2.15. The number of fused-ring (bicyclic) bond motifs is 1. The average Bonchev–Trinajstić information content (AvgIpc) is 2.99. The Morgan fingerprint density at radius 2 is 1.78 bits per heavy atom. The van der Waals surface area contributed by atoms with Crippen molar-refractivity contribution in [1.29, 1.82) is 0 Å². The lowest BCUT2D eigenvalue weighted by atomic mass is 10.1. The Balaban J connectivity index is 1.89. The molecule has 0 radical (unpaired) electrons. The monoisotopic (exact) mass is 368 g/mol. The summed E-state index contributed by atoms with van der Waals surface area (Å²) in [6.45, 7) is 5.62. The Kier molecular flexibility index (Phi) is 4.94. The van der Waals surface area contributed by atoms with E-state index in [0.717, 1.165) is 0 Å². The number of hydrogen-bond acceptors (Lipinski definition) is 3. The Hall–Kier alpha value is -3.22. The molecule has 0 atom stereocenters. The lowest BCUT2D eigenvalue weighted by Gasteiger charge is -2.19. The van der Waals surface area contributed by atoms with Crippen LogP contribution in [-0.2, 0) is 6.54 Å². The number of amides is 2. The van der Waals surface area contributed by atoms with Gasteiger partial charge in [0.1, 0.15) is 5.82 Å². The molecule has 0 bridgehead atoms. The van der Waals surface area contributed by atoms with Gasteiger partial charge in [0.25, 0.3) is 11.8 Å². The highest BCUT2D eigenvalue weighted by Gasteiger charge is 2.24. The van der Waals surface area contributed by atoms with Crippen LogP contribution in [-0.4, -0.2) is 26.7 Å². The van der Waals surface area contributed by atoms with Crippen LogP contribution in [0.2, 0.25) is 0 Å². The van der Waals surface area contributed by atoms with E-state index in [1.54, 1.807) is 47.0 Å². The van der Waals surface area contributed by atoms with Crippen molar-refractivity contribution in [2.45, 2.75) is 32.9 Å². The second-order valence-electron chi connectivity index (χ2n) is 7.22. The van der Waals surface area contributed by atoms with E-state index in [-0.39, 0.29) is 24.0 Å². The number of hydrogen-bond donors (Lipinski definition) is 2. The van der Waals surface area contributed by atoms with Crippen molar-refractivity contribution in [3.63, 3.8) is 0 Å². The van der Waals surface area contributed by atoms with Crippen LogP contribution in [0.1, 0.15) is 47.4 Å². The van der Waals surface area contributed by atoms with Gasteiger partial charge in [-0.3, -0.25) is 14.0 Å². The Labute approximate surface area is 156 Å². The van der Waals surface area contributed by atoms with Gasteiger partial charge in [-0.2, -0.15) is 0 Å². The summed E-state index contributed by atoms with van der Waals surface area (Å²) in [7, 11) is 0. The maximum absolute atomic E-state index is 13.7. The molecule has 1 aromatic carbocycles. The molecular formula is C20H21FN4O2. The molecule has 0 saturated heterocycles. The molecule has 0 spiro atoms. The zero-order valence-corrected chi connectivity index (χ0v) is 15.4. The lowest BCUT2D eigenvalue weighted by Crippen LogP contribution is -2.40. The van der Waals surface area contributed by atoms with Crippen LogP contribution < -0.4 is 10.6 Å². The summed E-state index contributed by atoms with van der Waals surface area (Å²) in [5.74, 6) is -1.18. The summed E-state index contributed by atoms with van der Waals surface area (Å²) in [6.07, 6.45) is 1.66. The molecule has 0 aliphatic carbocycles. The van der Waals surface area contributed by atoms with Crippen molar-refractivity contribution in [3.05, 3.63) is 71.6 Å². The van der Waals surface area contributed by atoms with E-state index in [1.165, 1.54) is 6.07 Å². The van der Waals surface area contributed by atoms with Crippen molar-refractivity contribution in [3.8, 4) is 0 Å². The summed E-state index contributed by atoms with van der Waals surface area (Å²) >= 11 is 0. The van der Waals surface area contributed by atoms with Crippen LogP contribution in [0, 0.1) is 5.82 Å². The van der Waals surface area contributed by atoms with Crippen LogP contribution in [0.5, 0.6) is 0 Å². The first-order valence-electron chi connectivity index (χ1n) is 8.57. The van der Waals surface area contributed by atoms with Crippen LogP contribution in [0.3, 0.4) is 0 Å². The number of aromatic nitrogens is 2. The summed E-state index contributed by atoms with van der Waals surface area (Å²) in [6, 6.07) is 11.5. The number of halogens is 1. The molecule has 2 heterocycles. The predicted molar refractivity (Wildman–Crippen MR) is 100.0 cm³/mol. The maximum atomic E-state index is 13.7. The van der Waals surface area contributed by atoms with E-state index in [9.17, 15) is 14.0 Å². The molecular weight excluding hydrogens is 347 g/mol. The fourth-order valence-corrected chi connectivity index (χ4v) is 2.66. The molecule has 2 amide bonds. The third-order valence-corrected chi connectivity index (χ3v) is 3.85. The number of imidazole rings is 1. The van der Waals surface area contributed by atoms with E-state index in [1.807, 2.05) is 20.8 Å². The summed E-state index contributed by atoms with van der Waals surface area (Å²) in [4.78, 5) is 29.4. The Morgan fingerprint density at radius 3 is 2.48 bits per heavy atom. The first-order valence-corrected chi connectivity index (χ1v) is 8.57. The fourth-order valence-electron chi connectivity index (χ4n) is 2.66. The number of benzene rings is 1. The Morgan fingerprint density at radius 1 is 1.07 bits per heavy atom. The smallest absolute Gasteiger partial charge is 0.287 e. The SMILES string of the molecule is CC(C)(C)NC(=O)c1nc(C(=O)NCc2ccccc2F)n2ccccc12. The molecule has 6 nitrogen and oxygen atoms in total. The second kappa shape index (κ2) is 7.19. The van der Waals surface area contributed by atoms with Gasteiger partial charge in [0.05, 0.1) is 5.52 Å². The molecule has 7 heteroatoms. The molecule has 3 rings (SSSR count). The lowest BCUT2D eigenvalue weighted by molar-refractivity contribution is 0.0916. The molecule has 140 valence electrons. The second-order valence-corrected chi connectivity index (χ2v) is 7.22. The molecule has 3 aromatic rings. The van der Waals surface area contributed by atoms with E-state index < -0.39 is 17.3 Å². The van der Waals surface area contributed by atoms with Crippen molar-refractivity contribution < 1.29 is 14.0 Å². The van der Waals surface area contributed by atoms with Crippen LogP contribution in [0.25, 0.3) is 5.52 Å². The molecule has 0 aliphatic rings. The van der Waals surface area contributed by atoms with Gasteiger partial charge in [-0.1, -0.05) is 24.3 Å². The Bertz CT molecular complexity index is 1000. The van der Waals surface area contributed by atoms with Crippen LogP contribution in [0.15, 0.2) is 48.7 Å². The molecule has 0 saturated carbocycles. The van der Waals surface area contributed by atoms with Crippen molar-refractivity contribution in [2.75, 3.05) is 0 Å². The molecule has 2 aromatic heterocycles. The molecule has 0 aliphatic heterocycles. The quantitative estimate of drug-likeness (QED) is 0.743. The van der Waals surface area contributed by atoms with Gasteiger partial charge in [-0.25, -0.2) is 9.37 Å². The van der Waals surface area contributed by atoms with E-state index in [2.05, 4.69) is 15.6 Å². The highest BCUT2D eigenvalue weighted by atomic mass is 19.1. The van der Waals surface area contributed by atoms with Gasteiger partial charge in [0.2, 0.25) is 5.82 Å². The number of rotatable bonds is 4. The number of carbonyl (C=O) groups excluding carboxylic acids is 2. The van der Waals surface area contributed by atoms with Crippen molar-refractivity contribution in [2.24, 2.45) is 0 Å².